The average molecular weight is 372 g/mol. The van der Waals surface area contributed by atoms with Crippen LogP contribution in [0.15, 0.2) is 33.9 Å². The van der Waals surface area contributed by atoms with Crippen LogP contribution in [0.2, 0.25) is 0 Å². The van der Waals surface area contributed by atoms with E-state index in [1.165, 1.54) is 0 Å². The van der Waals surface area contributed by atoms with Gasteiger partial charge in [-0.05, 0) is 53.9 Å². The zero-order valence-electron chi connectivity index (χ0n) is 12.2. The van der Waals surface area contributed by atoms with Crippen LogP contribution >= 0.6 is 15.9 Å². The summed E-state index contributed by atoms with van der Waals surface area (Å²) < 4.78 is 29.9. The zero-order valence-corrected chi connectivity index (χ0v) is 14.6. The van der Waals surface area contributed by atoms with E-state index in [1.807, 2.05) is 30.5 Å². The molecule has 5 nitrogen and oxygen atoms in total. The van der Waals surface area contributed by atoms with Gasteiger partial charge in [-0.15, -0.1) is 0 Å². The van der Waals surface area contributed by atoms with Crippen LogP contribution in [0.5, 0.6) is 0 Å². The third-order valence-electron chi connectivity index (χ3n) is 3.06. The van der Waals surface area contributed by atoms with Gasteiger partial charge in [0.2, 0.25) is 0 Å². The van der Waals surface area contributed by atoms with Crippen molar-refractivity contribution in [3.63, 3.8) is 0 Å². The summed E-state index contributed by atoms with van der Waals surface area (Å²) in [5.74, 6) is 0.695. The summed E-state index contributed by atoms with van der Waals surface area (Å²) in [7, 11) is -3.68. The molecule has 0 atom stereocenters. The highest BCUT2D eigenvalue weighted by Gasteiger charge is 2.20. The fourth-order valence-electron chi connectivity index (χ4n) is 1.98. The molecule has 114 valence electrons. The Morgan fingerprint density at radius 2 is 2.05 bits per heavy atom. The number of hydrogen-bond acceptors (Lipinski definition) is 3. The van der Waals surface area contributed by atoms with E-state index in [2.05, 4.69) is 25.6 Å². The van der Waals surface area contributed by atoms with Crippen LogP contribution in [0.3, 0.4) is 0 Å². The maximum absolute atomic E-state index is 12.4. The van der Waals surface area contributed by atoms with E-state index in [1.54, 1.807) is 19.2 Å². The van der Waals surface area contributed by atoms with Gasteiger partial charge in [0.05, 0.1) is 5.69 Å². The van der Waals surface area contributed by atoms with E-state index in [4.69, 9.17) is 0 Å². The first-order chi connectivity index (χ1) is 9.83. The highest BCUT2D eigenvalue weighted by molar-refractivity contribution is 9.10. The lowest BCUT2D eigenvalue weighted by Gasteiger charge is -2.08. The molecule has 1 N–H and O–H groups in total. The summed E-state index contributed by atoms with van der Waals surface area (Å²) in [6.45, 7) is 6.53. The molecule has 2 aromatic rings. The lowest BCUT2D eigenvalue weighted by molar-refractivity contribution is 0.597. The highest BCUT2D eigenvalue weighted by atomic mass is 79.9. The van der Waals surface area contributed by atoms with Crippen LogP contribution in [0.4, 0.5) is 5.69 Å². The quantitative estimate of drug-likeness (QED) is 0.874. The molecule has 21 heavy (non-hydrogen) atoms. The van der Waals surface area contributed by atoms with Crippen molar-refractivity contribution in [2.75, 3.05) is 4.72 Å². The van der Waals surface area contributed by atoms with Gasteiger partial charge < -0.3 is 4.57 Å². The molecule has 0 spiro atoms. The van der Waals surface area contributed by atoms with Crippen molar-refractivity contribution >= 4 is 31.6 Å². The van der Waals surface area contributed by atoms with Crippen LogP contribution in [0.25, 0.3) is 0 Å². The second-order valence-electron chi connectivity index (χ2n) is 4.91. The number of aromatic nitrogens is 2. The van der Waals surface area contributed by atoms with Gasteiger partial charge in [-0.3, -0.25) is 4.72 Å². The molecular formula is C14H18BrN3O2S. The lowest BCUT2D eigenvalue weighted by Crippen LogP contribution is -2.13. The standard InChI is InChI=1S/C14H18BrN3O2S/c1-4-7-18-9-14(16-11(18)3)21(19,20)17-13-6-5-10(2)8-12(13)15/h5-6,8-9,17H,4,7H2,1-3H3. The second-order valence-corrected chi connectivity index (χ2v) is 7.39. The molecule has 0 fully saturated rings. The SMILES string of the molecule is CCCn1cc(S(=O)(=O)Nc2ccc(C)cc2Br)nc1C. The molecule has 0 amide bonds. The Kier molecular flexibility index (Phi) is 4.73. The summed E-state index contributed by atoms with van der Waals surface area (Å²) in [4.78, 5) is 4.14. The third kappa shape index (κ3) is 3.65. The van der Waals surface area contributed by atoms with E-state index in [-0.39, 0.29) is 5.03 Å². The van der Waals surface area contributed by atoms with E-state index >= 15 is 0 Å². The van der Waals surface area contributed by atoms with Gasteiger partial charge in [-0.25, -0.2) is 4.98 Å². The maximum atomic E-state index is 12.4. The number of rotatable bonds is 5. The predicted molar refractivity (Wildman–Crippen MR) is 86.9 cm³/mol. The van der Waals surface area contributed by atoms with Crippen molar-refractivity contribution in [2.45, 2.75) is 38.8 Å². The topological polar surface area (TPSA) is 64.0 Å². The van der Waals surface area contributed by atoms with E-state index in [0.717, 1.165) is 18.5 Å². The Morgan fingerprint density at radius 1 is 1.33 bits per heavy atom. The molecular weight excluding hydrogens is 354 g/mol. The van der Waals surface area contributed by atoms with Crippen LogP contribution in [-0.2, 0) is 16.6 Å². The minimum absolute atomic E-state index is 0.0425. The molecule has 0 aliphatic heterocycles. The first-order valence-electron chi connectivity index (χ1n) is 6.66. The fraction of sp³-hybridized carbons (Fsp3) is 0.357. The maximum Gasteiger partial charge on any atom is 0.280 e. The largest absolute Gasteiger partial charge is 0.334 e. The normalized spacial score (nSPS) is 11.6. The number of sulfonamides is 1. The monoisotopic (exact) mass is 371 g/mol. The van der Waals surface area contributed by atoms with Crippen molar-refractivity contribution < 1.29 is 8.42 Å². The number of nitrogens with zero attached hydrogens (tertiary/aromatic N) is 2. The highest BCUT2D eigenvalue weighted by Crippen LogP contribution is 2.25. The van der Waals surface area contributed by atoms with Crippen LogP contribution < -0.4 is 4.72 Å². The van der Waals surface area contributed by atoms with Gasteiger partial charge in [0, 0.05) is 17.2 Å². The summed E-state index contributed by atoms with van der Waals surface area (Å²) in [5.41, 5.74) is 1.55. The number of aryl methyl sites for hydroxylation is 3. The Morgan fingerprint density at radius 3 is 2.67 bits per heavy atom. The third-order valence-corrected chi connectivity index (χ3v) is 4.95. The van der Waals surface area contributed by atoms with Crippen LogP contribution in [0.1, 0.15) is 24.7 Å². The minimum atomic E-state index is -3.68. The minimum Gasteiger partial charge on any atom is -0.334 e. The molecule has 1 heterocycles. The number of benzene rings is 1. The summed E-state index contributed by atoms with van der Waals surface area (Å²) >= 11 is 3.36. The first kappa shape index (κ1) is 16.0. The predicted octanol–water partition coefficient (Wildman–Crippen LogP) is 3.47. The number of anilines is 1. The van der Waals surface area contributed by atoms with Gasteiger partial charge in [-0.2, -0.15) is 8.42 Å². The molecule has 0 saturated carbocycles. The van der Waals surface area contributed by atoms with Crippen LogP contribution in [0, 0.1) is 13.8 Å². The van der Waals surface area contributed by atoms with Crippen LogP contribution in [-0.4, -0.2) is 18.0 Å². The van der Waals surface area contributed by atoms with Gasteiger partial charge in [0.25, 0.3) is 10.0 Å². The molecule has 1 aromatic carbocycles. The molecule has 7 heteroatoms. The van der Waals surface area contributed by atoms with Gasteiger partial charge >= 0.3 is 0 Å². The van der Waals surface area contributed by atoms with E-state index < -0.39 is 10.0 Å². The van der Waals surface area contributed by atoms with Gasteiger partial charge in [0.15, 0.2) is 5.03 Å². The summed E-state index contributed by atoms with van der Waals surface area (Å²) in [5, 5.41) is 0.0425. The molecule has 0 aliphatic rings. The average Bonchev–Trinajstić information content (AvgIpc) is 2.76. The van der Waals surface area contributed by atoms with Gasteiger partial charge in [0.1, 0.15) is 5.82 Å². The number of halogens is 1. The van der Waals surface area contributed by atoms with Crippen molar-refractivity contribution in [2.24, 2.45) is 0 Å². The fourth-order valence-corrected chi connectivity index (χ4v) is 3.79. The smallest absolute Gasteiger partial charge is 0.280 e. The number of imidazole rings is 1. The van der Waals surface area contributed by atoms with E-state index in [9.17, 15) is 8.42 Å². The summed E-state index contributed by atoms with van der Waals surface area (Å²) in [6, 6.07) is 5.44. The van der Waals surface area contributed by atoms with Gasteiger partial charge in [-0.1, -0.05) is 13.0 Å². The lowest BCUT2D eigenvalue weighted by atomic mass is 10.2. The summed E-state index contributed by atoms with van der Waals surface area (Å²) in [6.07, 6.45) is 2.50. The van der Waals surface area contributed by atoms with Crippen molar-refractivity contribution in [1.29, 1.82) is 0 Å². The Bertz CT molecular complexity index is 754. The second kappa shape index (κ2) is 6.19. The molecule has 2 rings (SSSR count). The Balaban J connectivity index is 2.32. The van der Waals surface area contributed by atoms with Crippen molar-refractivity contribution in [3.05, 3.63) is 40.3 Å². The Labute approximate surface area is 133 Å². The van der Waals surface area contributed by atoms with Crippen molar-refractivity contribution in [1.82, 2.24) is 9.55 Å². The molecule has 1 aromatic heterocycles. The zero-order chi connectivity index (χ0) is 15.6. The molecule has 0 saturated heterocycles. The van der Waals surface area contributed by atoms with E-state index in [0.29, 0.717) is 16.0 Å². The molecule has 0 unspecified atom stereocenters. The Hall–Kier alpha value is -1.34. The number of hydrogen-bond donors (Lipinski definition) is 1. The first-order valence-corrected chi connectivity index (χ1v) is 8.94. The molecule has 0 radical (unpaired) electrons. The molecule has 0 bridgehead atoms. The molecule has 0 aliphatic carbocycles. The van der Waals surface area contributed by atoms with Crippen molar-refractivity contribution in [3.8, 4) is 0 Å². The number of nitrogens with one attached hydrogen (secondary N) is 1.